The molecule has 3 nitrogen and oxygen atoms in total. The van der Waals surface area contributed by atoms with E-state index >= 15 is 0 Å². The van der Waals surface area contributed by atoms with Crippen LogP contribution in [0.25, 0.3) is 89.8 Å². The lowest BCUT2D eigenvalue weighted by atomic mass is 9.81. The highest BCUT2D eigenvalue weighted by atomic mass is 15.0. The van der Waals surface area contributed by atoms with Gasteiger partial charge < -0.3 is 0 Å². The van der Waals surface area contributed by atoms with E-state index in [0.29, 0.717) is 17.5 Å². The predicted octanol–water partition coefficient (Wildman–Crippen LogP) is 13.8. The Hall–Kier alpha value is -7.23. The van der Waals surface area contributed by atoms with E-state index in [1.807, 2.05) is 60.7 Å². The molecule has 0 unspecified atom stereocenters. The summed E-state index contributed by atoms with van der Waals surface area (Å²) in [6.45, 7) is 4.72. The van der Waals surface area contributed by atoms with Gasteiger partial charge in [0, 0.05) is 22.1 Å². The van der Waals surface area contributed by atoms with Gasteiger partial charge in [-0.15, -0.1) is 0 Å². The molecule has 0 radical (unpaired) electrons. The van der Waals surface area contributed by atoms with Gasteiger partial charge in [-0.3, -0.25) is 0 Å². The van der Waals surface area contributed by atoms with E-state index in [4.69, 9.17) is 15.0 Å². The molecule has 0 N–H and O–H groups in total. The number of hydrogen-bond acceptors (Lipinski definition) is 3. The van der Waals surface area contributed by atoms with E-state index in [-0.39, 0.29) is 5.41 Å². The quantitative estimate of drug-likeness (QED) is 0.170. The Labute approximate surface area is 339 Å². The Morgan fingerprint density at radius 3 is 1.41 bits per heavy atom. The number of hydrogen-bond donors (Lipinski definition) is 0. The van der Waals surface area contributed by atoms with Gasteiger partial charge in [0.25, 0.3) is 0 Å². The van der Waals surface area contributed by atoms with Crippen molar-refractivity contribution in [3.8, 4) is 89.8 Å². The first-order valence-electron chi connectivity index (χ1n) is 20.1. The average Bonchev–Trinajstić information content (AvgIpc) is 3.79. The third-order valence-corrected chi connectivity index (χ3v) is 12.2. The zero-order valence-corrected chi connectivity index (χ0v) is 32.4. The zero-order valence-electron chi connectivity index (χ0n) is 32.4. The first-order chi connectivity index (χ1) is 28.5. The van der Waals surface area contributed by atoms with Crippen LogP contribution >= 0.6 is 0 Å². The van der Waals surface area contributed by atoms with Crippen LogP contribution in [0.2, 0.25) is 0 Å². The lowest BCUT2D eigenvalue weighted by molar-refractivity contribution is 0.660. The van der Waals surface area contributed by atoms with E-state index in [9.17, 15) is 0 Å². The summed E-state index contributed by atoms with van der Waals surface area (Å²) in [6.07, 6.45) is 0.906. The topological polar surface area (TPSA) is 38.7 Å². The molecule has 0 bridgehead atoms. The highest BCUT2D eigenvalue weighted by Gasteiger charge is 2.35. The van der Waals surface area contributed by atoms with Crippen molar-refractivity contribution in [3.05, 3.63) is 210 Å². The van der Waals surface area contributed by atoms with Crippen LogP contribution in [-0.4, -0.2) is 15.0 Å². The van der Waals surface area contributed by atoms with Crippen molar-refractivity contribution in [2.45, 2.75) is 25.7 Å². The molecular weight excluding hydrogens is 703 g/mol. The number of nitrogens with zero attached hydrogens (tertiary/aromatic N) is 3. The van der Waals surface area contributed by atoms with E-state index in [2.05, 4.69) is 141 Å². The van der Waals surface area contributed by atoms with E-state index in [1.54, 1.807) is 0 Å². The molecule has 11 rings (SSSR count). The van der Waals surface area contributed by atoms with Crippen LogP contribution in [-0.2, 0) is 11.8 Å². The molecule has 2 aliphatic carbocycles. The highest BCUT2D eigenvalue weighted by Crippen LogP contribution is 2.51. The summed E-state index contributed by atoms with van der Waals surface area (Å²) in [7, 11) is 0. The number of aromatic nitrogens is 3. The number of rotatable bonds is 6. The molecule has 0 saturated heterocycles. The molecule has 58 heavy (non-hydrogen) atoms. The van der Waals surface area contributed by atoms with Crippen LogP contribution in [0, 0.1) is 0 Å². The molecule has 0 aliphatic heterocycles. The second-order valence-electron chi connectivity index (χ2n) is 16.0. The molecule has 1 heterocycles. The average molecular weight is 742 g/mol. The summed E-state index contributed by atoms with van der Waals surface area (Å²) >= 11 is 0. The molecule has 0 atom stereocenters. The SMILES string of the molecule is CC1(C)c2ccccc2-c2ccc(-c3cccc4c3Cc3c(-c5ccc(-c6cccc(-c7nc(-c8ccccc8)nc(-c8ccccc8)n7)c6)cc5)cccc3-4)cc21. The van der Waals surface area contributed by atoms with Crippen LogP contribution < -0.4 is 0 Å². The van der Waals surface area contributed by atoms with Gasteiger partial charge in [-0.2, -0.15) is 0 Å². The molecule has 0 saturated carbocycles. The van der Waals surface area contributed by atoms with Gasteiger partial charge in [-0.25, -0.2) is 15.0 Å². The summed E-state index contributed by atoms with van der Waals surface area (Å²) in [5.74, 6) is 1.97. The Kier molecular flexibility index (Phi) is 7.90. The third-order valence-electron chi connectivity index (χ3n) is 12.2. The van der Waals surface area contributed by atoms with Crippen molar-refractivity contribution < 1.29 is 0 Å². The highest BCUT2D eigenvalue weighted by molar-refractivity contribution is 5.91. The van der Waals surface area contributed by atoms with Gasteiger partial charge >= 0.3 is 0 Å². The van der Waals surface area contributed by atoms with Crippen LogP contribution in [0.3, 0.4) is 0 Å². The minimum atomic E-state index is -0.0336. The fourth-order valence-corrected chi connectivity index (χ4v) is 9.27. The third kappa shape index (κ3) is 5.62. The first-order valence-corrected chi connectivity index (χ1v) is 20.1. The van der Waals surface area contributed by atoms with Gasteiger partial charge in [-0.05, 0) is 96.4 Å². The fraction of sp³-hybridized carbons (Fsp3) is 0.0727. The van der Waals surface area contributed by atoms with Gasteiger partial charge in [-0.1, -0.05) is 190 Å². The monoisotopic (exact) mass is 741 g/mol. The van der Waals surface area contributed by atoms with Crippen LogP contribution in [0.4, 0.5) is 0 Å². The standard InChI is InChI=1S/C55H39N3/c1-55(2)50-25-10-9-20-46(50)47-31-30-40(33-51(47)55)43-22-13-24-45-44-23-12-21-42(48(44)34-49(43)45)36-28-26-35(27-29-36)39-18-11-19-41(32-39)54-57-52(37-14-5-3-6-15-37)56-53(58-54)38-16-7-4-8-17-38/h3-33H,34H2,1-2H3. The van der Waals surface area contributed by atoms with Gasteiger partial charge in [0.2, 0.25) is 0 Å². The largest absolute Gasteiger partial charge is 0.208 e. The maximum absolute atomic E-state index is 4.97. The second kappa shape index (κ2) is 13.5. The van der Waals surface area contributed by atoms with Crippen molar-refractivity contribution in [1.82, 2.24) is 15.0 Å². The van der Waals surface area contributed by atoms with Gasteiger partial charge in [0.15, 0.2) is 17.5 Å². The number of benzene rings is 8. The van der Waals surface area contributed by atoms with Crippen molar-refractivity contribution in [2.24, 2.45) is 0 Å². The van der Waals surface area contributed by atoms with Crippen molar-refractivity contribution >= 4 is 0 Å². The molecule has 8 aromatic carbocycles. The summed E-state index contributed by atoms with van der Waals surface area (Å²) in [4.78, 5) is 14.8. The minimum absolute atomic E-state index is 0.0336. The summed E-state index contributed by atoms with van der Waals surface area (Å²) in [5, 5.41) is 0. The number of fused-ring (bicyclic) bond motifs is 6. The van der Waals surface area contributed by atoms with Gasteiger partial charge in [0.1, 0.15) is 0 Å². The summed E-state index contributed by atoms with van der Waals surface area (Å²) in [5.41, 5.74) is 21.3. The van der Waals surface area contributed by atoms with E-state index in [0.717, 1.165) is 34.2 Å². The first kappa shape index (κ1) is 34.1. The lowest BCUT2D eigenvalue weighted by Gasteiger charge is -2.22. The molecule has 2 aliphatic rings. The maximum atomic E-state index is 4.97. The molecule has 9 aromatic rings. The van der Waals surface area contributed by atoms with Crippen LogP contribution in [0.15, 0.2) is 188 Å². The summed E-state index contributed by atoms with van der Waals surface area (Å²) < 4.78 is 0. The Morgan fingerprint density at radius 1 is 0.310 bits per heavy atom. The van der Waals surface area contributed by atoms with Crippen molar-refractivity contribution in [3.63, 3.8) is 0 Å². The predicted molar refractivity (Wildman–Crippen MR) is 238 cm³/mol. The Balaban J connectivity index is 0.910. The molecule has 0 fully saturated rings. The normalized spacial score (nSPS) is 13.1. The molecule has 1 aromatic heterocycles. The Bertz CT molecular complexity index is 2980. The molecular formula is C55H39N3. The van der Waals surface area contributed by atoms with E-state index < -0.39 is 0 Å². The Morgan fingerprint density at radius 2 is 0.759 bits per heavy atom. The van der Waals surface area contributed by atoms with Crippen molar-refractivity contribution in [1.29, 1.82) is 0 Å². The second-order valence-corrected chi connectivity index (χ2v) is 16.0. The zero-order chi connectivity index (χ0) is 38.8. The lowest BCUT2D eigenvalue weighted by Crippen LogP contribution is -2.14. The maximum Gasteiger partial charge on any atom is 0.164 e. The molecule has 0 amide bonds. The smallest absolute Gasteiger partial charge is 0.164 e. The molecule has 3 heteroatoms. The molecule has 0 spiro atoms. The van der Waals surface area contributed by atoms with Gasteiger partial charge in [0.05, 0.1) is 0 Å². The van der Waals surface area contributed by atoms with Crippen molar-refractivity contribution in [2.75, 3.05) is 0 Å². The van der Waals surface area contributed by atoms with Crippen LogP contribution in [0.1, 0.15) is 36.1 Å². The minimum Gasteiger partial charge on any atom is -0.208 e. The summed E-state index contributed by atoms with van der Waals surface area (Å²) in [6, 6.07) is 67.4. The molecule has 274 valence electrons. The van der Waals surface area contributed by atoms with E-state index in [1.165, 1.54) is 66.8 Å². The fourth-order valence-electron chi connectivity index (χ4n) is 9.27. The van der Waals surface area contributed by atoms with Crippen LogP contribution in [0.5, 0.6) is 0 Å².